The van der Waals surface area contributed by atoms with Crippen molar-refractivity contribution in [2.75, 3.05) is 64.0 Å². The molecule has 13 heteroatoms. The number of piperazine rings is 1. The fourth-order valence-electron chi connectivity index (χ4n) is 9.00. The Bertz CT molecular complexity index is 1940. The van der Waals surface area contributed by atoms with Gasteiger partial charge in [-0.25, -0.2) is 0 Å². The highest BCUT2D eigenvalue weighted by Crippen LogP contribution is 2.48. The van der Waals surface area contributed by atoms with E-state index in [1.165, 1.54) is 0 Å². The maximum absolute atomic E-state index is 12.7. The molecule has 0 radical (unpaired) electrons. The maximum Gasteiger partial charge on any atom is 0.313 e. The summed E-state index contributed by atoms with van der Waals surface area (Å²) in [7, 11) is 0. The van der Waals surface area contributed by atoms with Crippen LogP contribution in [0.15, 0.2) is 66.5 Å². The van der Waals surface area contributed by atoms with Gasteiger partial charge in [-0.2, -0.15) is 0 Å². The number of nitrogens with zero attached hydrogens (tertiary/aromatic N) is 4. The van der Waals surface area contributed by atoms with Crippen molar-refractivity contribution in [3.63, 3.8) is 0 Å². The van der Waals surface area contributed by atoms with Gasteiger partial charge in [-0.05, 0) is 93.1 Å². The molecule has 10 nitrogen and oxygen atoms in total. The van der Waals surface area contributed by atoms with Crippen molar-refractivity contribution in [3.8, 4) is 11.5 Å². The highest BCUT2D eigenvalue weighted by Gasteiger charge is 2.51. The Labute approximate surface area is 364 Å². The molecule has 58 heavy (non-hydrogen) atoms. The number of hydrogen-bond acceptors (Lipinski definition) is 8. The number of amides is 1. The van der Waals surface area contributed by atoms with Gasteiger partial charge in [0.2, 0.25) is 5.91 Å². The van der Waals surface area contributed by atoms with E-state index in [1.807, 2.05) is 62.9 Å². The Hall–Kier alpha value is -3.32. The van der Waals surface area contributed by atoms with Crippen LogP contribution in [0, 0.1) is 19.8 Å². The van der Waals surface area contributed by atoms with E-state index in [4.69, 9.17) is 42.1 Å². The van der Waals surface area contributed by atoms with Gasteiger partial charge in [-0.3, -0.25) is 14.1 Å². The van der Waals surface area contributed by atoms with Crippen molar-refractivity contribution in [2.24, 2.45) is 5.92 Å². The number of quaternary nitrogens is 1. The van der Waals surface area contributed by atoms with Crippen LogP contribution in [0.25, 0.3) is 0 Å². The summed E-state index contributed by atoms with van der Waals surface area (Å²) in [4.78, 5) is 31.5. The molecule has 4 aliphatic rings. The van der Waals surface area contributed by atoms with Gasteiger partial charge in [0.05, 0.1) is 34.8 Å². The number of para-hydroxylation sites is 2. The summed E-state index contributed by atoms with van der Waals surface area (Å²) in [6.45, 7) is 16.0. The first-order valence-electron chi connectivity index (χ1n) is 20.5. The number of anilines is 1. The van der Waals surface area contributed by atoms with Crippen LogP contribution < -0.4 is 31.4 Å². The SMILES string of the molecule is CC(=O)N1CCN(c2ccccc2OCC2=C[N+](Cc3cc(C)c(OC(=O)C(C)C)c(C)c3)(CC3CCCO3)C(c3ccc(Cl)cc3Cl)N2CC2CCCO2)CC1.[Br-]. The standard InChI is InChI=1S/C45H57Cl2N4O6.BrH/c1-30(2)45(53)57-43-31(3)22-34(23-32(43)4)26-51(28-38-11-9-21-55-38)27-36(29-56-42-13-7-6-12-41(42)49-18-16-48(17-19-49)33(5)52)50(25-37-10-8-20-54-37)44(51)39-15-14-35(46)24-40(39)47;/h6-7,12-15,22-24,27,30,37-38,44H,8-11,16-21,25-26,28-29H2,1-5H3;1H/q+1;/p-1. The normalized spacial score (nSPS) is 23.3. The molecule has 3 saturated heterocycles. The first-order valence-corrected chi connectivity index (χ1v) is 21.2. The fraction of sp³-hybridized carbons (Fsp3) is 0.511. The summed E-state index contributed by atoms with van der Waals surface area (Å²) in [5, 5.41) is 1.19. The first-order chi connectivity index (χ1) is 27.4. The Kier molecular flexibility index (Phi) is 14.8. The molecular weight excluding hydrogens is 843 g/mol. The lowest BCUT2D eigenvalue weighted by atomic mass is 10.0. The van der Waals surface area contributed by atoms with Crippen molar-refractivity contribution >= 4 is 40.8 Å². The van der Waals surface area contributed by atoms with Gasteiger partial charge in [-0.15, -0.1) is 0 Å². The number of aryl methyl sites for hydroxylation is 2. The molecule has 0 bridgehead atoms. The lowest BCUT2D eigenvalue weighted by molar-refractivity contribution is -0.929. The summed E-state index contributed by atoms with van der Waals surface area (Å²) >= 11 is 13.8. The predicted octanol–water partition coefficient (Wildman–Crippen LogP) is 5.45. The van der Waals surface area contributed by atoms with Crippen LogP contribution >= 0.6 is 23.2 Å². The highest BCUT2D eigenvalue weighted by molar-refractivity contribution is 6.35. The number of ether oxygens (including phenoxy) is 4. The van der Waals surface area contributed by atoms with E-state index in [0.29, 0.717) is 59.6 Å². The molecule has 0 spiro atoms. The minimum atomic E-state index is -0.245. The van der Waals surface area contributed by atoms with E-state index in [2.05, 4.69) is 40.3 Å². The van der Waals surface area contributed by atoms with Crippen molar-refractivity contribution < 1.29 is 50.0 Å². The molecule has 3 fully saturated rings. The van der Waals surface area contributed by atoms with Crippen molar-refractivity contribution in [3.05, 3.63) is 98.8 Å². The van der Waals surface area contributed by atoms with E-state index < -0.39 is 0 Å². The number of hydrogen-bond donors (Lipinski definition) is 0. The summed E-state index contributed by atoms with van der Waals surface area (Å²) < 4.78 is 26.0. The summed E-state index contributed by atoms with van der Waals surface area (Å²) in [5.41, 5.74) is 5.99. The lowest BCUT2D eigenvalue weighted by Crippen LogP contribution is -3.00. The monoisotopic (exact) mass is 898 g/mol. The lowest BCUT2D eigenvalue weighted by Gasteiger charge is -2.43. The Morgan fingerprint density at radius 2 is 1.59 bits per heavy atom. The Morgan fingerprint density at radius 3 is 2.21 bits per heavy atom. The molecule has 1 amide bonds. The molecular formula is C45H57BrCl2N4O6. The predicted molar refractivity (Wildman–Crippen MR) is 224 cm³/mol. The van der Waals surface area contributed by atoms with Gasteiger partial charge >= 0.3 is 5.97 Å². The molecule has 7 rings (SSSR count). The Balaban J connectivity index is 0.00000567. The van der Waals surface area contributed by atoms with Crippen LogP contribution in [0.1, 0.15) is 74.9 Å². The number of benzene rings is 3. The maximum atomic E-state index is 12.7. The molecule has 3 aromatic carbocycles. The van der Waals surface area contributed by atoms with Crippen LogP contribution in [0.5, 0.6) is 11.5 Å². The smallest absolute Gasteiger partial charge is 0.313 e. The zero-order valence-corrected chi connectivity index (χ0v) is 37.5. The van der Waals surface area contributed by atoms with Gasteiger partial charge in [0.25, 0.3) is 0 Å². The van der Waals surface area contributed by atoms with Gasteiger partial charge < -0.3 is 50.6 Å². The van der Waals surface area contributed by atoms with Gasteiger partial charge in [-0.1, -0.05) is 49.2 Å². The van der Waals surface area contributed by atoms with Gasteiger partial charge in [0.15, 0.2) is 6.17 Å². The van der Waals surface area contributed by atoms with E-state index >= 15 is 0 Å². The molecule has 4 unspecified atom stereocenters. The summed E-state index contributed by atoms with van der Waals surface area (Å²) in [6, 6.07) is 18.3. The van der Waals surface area contributed by atoms with E-state index in [1.54, 1.807) is 6.92 Å². The number of esters is 1. The van der Waals surface area contributed by atoms with Crippen LogP contribution in [-0.4, -0.2) is 97.5 Å². The second-order valence-corrected chi connectivity index (χ2v) is 17.3. The van der Waals surface area contributed by atoms with Crippen molar-refractivity contribution in [1.82, 2.24) is 9.80 Å². The zero-order valence-electron chi connectivity index (χ0n) is 34.4. The van der Waals surface area contributed by atoms with Crippen LogP contribution in [0.2, 0.25) is 10.0 Å². The molecule has 4 heterocycles. The number of halogens is 3. The summed E-state index contributed by atoms with van der Waals surface area (Å²) in [5.74, 6) is 1.05. The molecule has 0 aliphatic carbocycles. The van der Waals surface area contributed by atoms with Crippen LogP contribution in [-0.2, 0) is 25.6 Å². The van der Waals surface area contributed by atoms with E-state index in [0.717, 1.165) is 91.4 Å². The van der Waals surface area contributed by atoms with Crippen LogP contribution in [0.3, 0.4) is 0 Å². The average molecular weight is 901 g/mol. The average Bonchev–Trinajstić information content (AvgIpc) is 3.95. The topological polar surface area (TPSA) is 80.8 Å². The minimum absolute atomic E-state index is 0. The second kappa shape index (κ2) is 19.4. The molecule has 4 atom stereocenters. The third-order valence-corrected chi connectivity index (χ3v) is 12.3. The third kappa shape index (κ3) is 9.99. The summed E-state index contributed by atoms with van der Waals surface area (Å²) in [6.07, 6.45) is 6.22. The molecule has 314 valence electrons. The Morgan fingerprint density at radius 1 is 0.914 bits per heavy atom. The second-order valence-electron chi connectivity index (χ2n) is 16.4. The van der Waals surface area contributed by atoms with E-state index in [9.17, 15) is 9.59 Å². The highest BCUT2D eigenvalue weighted by atomic mass is 79.9. The molecule has 0 N–H and O–H groups in total. The molecule has 3 aromatic rings. The van der Waals surface area contributed by atoms with Gasteiger partial charge in [0, 0.05) is 56.9 Å². The zero-order chi connectivity index (χ0) is 40.3. The number of carbonyl (C=O) groups excluding carboxylic acids is 2. The third-order valence-electron chi connectivity index (χ3n) is 11.8. The van der Waals surface area contributed by atoms with E-state index in [-0.39, 0.29) is 53.1 Å². The minimum Gasteiger partial charge on any atom is -1.00 e. The number of carbonyl (C=O) groups is 2. The number of rotatable bonds is 13. The van der Waals surface area contributed by atoms with Crippen molar-refractivity contribution in [2.45, 2.75) is 85.2 Å². The largest absolute Gasteiger partial charge is 1.00 e. The molecule has 4 aliphatic heterocycles. The molecule has 0 aromatic heterocycles. The quantitative estimate of drug-likeness (QED) is 0.127. The molecule has 0 saturated carbocycles. The van der Waals surface area contributed by atoms with Crippen LogP contribution in [0.4, 0.5) is 5.69 Å². The van der Waals surface area contributed by atoms with Gasteiger partial charge in [0.1, 0.15) is 49.2 Å². The van der Waals surface area contributed by atoms with Crippen molar-refractivity contribution in [1.29, 1.82) is 0 Å². The fourth-order valence-corrected chi connectivity index (χ4v) is 9.50. The first kappa shape index (κ1) is 44.2.